The van der Waals surface area contributed by atoms with Gasteiger partial charge in [0.15, 0.2) is 5.82 Å². The van der Waals surface area contributed by atoms with E-state index in [-0.39, 0.29) is 36.9 Å². The fourth-order valence-electron chi connectivity index (χ4n) is 3.45. The highest BCUT2D eigenvalue weighted by molar-refractivity contribution is 7.13. The first-order valence-corrected chi connectivity index (χ1v) is 11.8. The summed E-state index contributed by atoms with van der Waals surface area (Å²) < 4.78 is 46.1. The summed E-state index contributed by atoms with van der Waals surface area (Å²) in [5.74, 6) is -0.384. The highest BCUT2D eigenvalue weighted by Gasteiger charge is 2.32. The number of esters is 1. The van der Waals surface area contributed by atoms with Crippen molar-refractivity contribution in [2.45, 2.75) is 32.4 Å². The number of benzene rings is 1. The highest BCUT2D eigenvalue weighted by atomic mass is 32.1. The summed E-state index contributed by atoms with van der Waals surface area (Å²) in [6.07, 6.45) is -2.49. The van der Waals surface area contributed by atoms with Gasteiger partial charge >= 0.3 is 12.1 Å². The number of carbonyl (C=O) groups is 2. The molecular formula is C23H23F3N4O3S. The molecule has 2 heterocycles. The van der Waals surface area contributed by atoms with Crippen LogP contribution in [0.4, 0.5) is 13.2 Å². The number of hydrogen-bond donors (Lipinski definition) is 0. The topological polar surface area (TPSA) is 77.3 Å². The third-order valence-corrected chi connectivity index (χ3v) is 6.18. The molecule has 3 aromatic rings. The van der Waals surface area contributed by atoms with Crippen LogP contribution in [0.2, 0.25) is 0 Å². The summed E-state index contributed by atoms with van der Waals surface area (Å²) in [4.78, 5) is 31.8. The van der Waals surface area contributed by atoms with Crippen molar-refractivity contribution < 1.29 is 27.5 Å². The number of amides is 1. The zero-order valence-electron chi connectivity index (χ0n) is 18.4. The van der Waals surface area contributed by atoms with Crippen molar-refractivity contribution in [3.8, 4) is 16.4 Å². The Balaban J connectivity index is 1.68. The van der Waals surface area contributed by atoms with E-state index in [9.17, 15) is 22.8 Å². The molecule has 0 saturated heterocycles. The Hall–Kier alpha value is -3.21. The summed E-state index contributed by atoms with van der Waals surface area (Å²) in [5, 5.41) is 6.12. The van der Waals surface area contributed by atoms with Gasteiger partial charge in [-0.3, -0.25) is 9.59 Å². The molecule has 1 aliphatic carbocycles. The number of halogens is 3. The van der Waals surface area contributed by atoms with Crippen molar-refractivity contribution in [1.82, 2.24) is 19.7 Å². The summed E-state index contributed by atoms with van der Waals surface area (Å²) in [5.41, 5.74) is -0.680. The zero-order chi connectivity index (χ0) is 24.3. The Morgan fingerprint density at radius 1 is 1.24 bits per heavy atom. The second kappa shape index (κ2) is 9.96. The lowest BCUT2D eigenvalue weighted by molar-refractivity contribution is -0.143. The molecule has 0 radical (unpaired) electrons. The van der Waals surface area contributed by atoms with Crippen molar-refractivity contribution in [2.75, 3.05) is 19.7 Å². The first-order valence-electron chi connectivity index (χ1n) is 10.9. The molecule has 0 spiro atoms. The van der Waals surface area contributed by atoms with Gasteiger partial charge in [-0.25, -0.2) is 9.67 Å². The molecule has 2 aromatic heterocycles. The molecule has 180 valence electrons. The molecule has 0 aliphatic heterocycles. The maximum Gasteiger partial charge on any atom is 0.416 e. The number of nitrogens with zero attached hydrogens (tertiary/aromatic N) is 4. The molecule has 1 saturated carbocycles. The first kappa shape index (κ1) is 23.9. The fourth-order valence-corrected chi connectivity index (χ4v) is 4.15. The summed E-state index contributed by atoms with van der Waals surface area (Å²) in [6.45, 7) is 2.58. The second-order valence-electron chi connectivity index (χ2n) is 7.95. The van der Waals surface area contributed by atoms with Gasteiger partial charge in [-0.2, -0.15) is 13.2 Å². The zero-order valence-corrected chi connectivity index (χ0v) is 19.2. The first-order chi connectivity index (χ1) is 16.3. The van der Waals surface area contributed by atoms with Gasteiger partial charge in [0.1, 0.15) is 0 Å². The maximum atomic E-state index is 13.3. The molecule has 1 amide bonds. The Morgan fingerprint density at radius 3 is 2.68 bits per heavy atom. The van der Waals surface area contributed by atoms with Crippen molar-refractivity contribution in [1.29, 1.82) is 0 Å². The van der Waals surface area contributed by atoms with Crippen LogP contribution in [0.3, 0.4) is 0 Å². The summed E-state index contributed by atoms with van der Waals surface area (Å²) in [6, 6.07) is 8.27. The maximum absolute atomic E-state index is 13.3. The molecule has 0 atom stereocenters. The van der Waals surface area contributed by atoms with E-state index in [2.05, 4.69) is 10.1 Å². The molecule has 0 bridgehead atoms. The second-order valence-corrected chi connectivity index (χ2v) is 8.89. The van der Waals surface area contributed by atoms with E-state index in [1.54, 1.807) is 24.4 Å². The molecule has 4 rings (SSSR count). The number of rotatable bonds is 9. The minimum atomic E-state index is -4.52. The normalized spacial score (nSPS) is 13.6. The van der Waals surface area contributed by atoms with Crippen LogP contribution < -0.4 is 0 Å². The molecule has 0 N–H and O–H groups in total. The van der Waals surface area contributed by atoms with Crippen LogP contribution in [0.15, 0.2) is 41.8 Å². The third-order valence-electron chi connectivity index (χ3n) is 5.31. The van der Waals surface area contributed by atoms with Gasteiger partial charge in [0.05, 0.1) is 29.2 Å². The Bertz CT molecular complexity index is 1160. The quantitative estimate of drug-likeness (QED) is 0.400. The molecule has 11 heteroatoms. The number of hydrogen-bond acceptors (Lipinski definition) is 6. The third kappa shape index (κ3) is 5.64. The van der Waals surface area contributed by atoms with Crippen LogP contribution in [-0.2, 0) is 15.7 Å². The van der Waals surface area contributed by atoms with Crippen molar-refractivity contribution in [3.63, 3.8) is 0 Å². The lowest BCUT2D eigenvalue weighted by atomic mass is 10.2. The van der Waals surface area contributed by atoms with Crippen LogP contribution in [0.1, 0.15) is 42.4 Å². The van der Waals surface area contributed by atoms with Crippen LogP contribution in [0.5, 0.6) is 0 Å². The van der Waals surface area contributed by atoms with Gasteiger partial charge in [-0.1, -0.05) is 12.1 Å². The van der Waals surface area contributed by atoms with Gasteiger partial charge in [0, 0.05) is 13.1 Å². The van der Waals surface area contributed by atoms with Gasteiger partial charge < -0.3 is 9.64 Å². The van der Waals surface area contributed by atoms with E-state index in [0.717, 1.165) is 25.0 Å². The number of alkyl halides is 3. The number of aromatic nitrogens is 3. The average Bonchev–Trinajstić information content (AvgIpc) is 3.27. The predicted octanol–water partition coefficient (Wildman–Crippen LogP) is 4.82. The van der Waals surface area contributed by atoms with Crippen molar-refractivity contribution in [3.05, 3.63) is 53.2 Å². The van der Waals surface area contributed by atoms with E-state index in [1.165, 1.54) is 33.1 Å². The van der Waals surface area contributed by atoms with Crippen LogP contribution in [-0.4, -0.2) is 51.2 Å². The average molecular weight is 493 g/mol. The molecule has 7 nitrogen and oxygen atoms in total. The Morgan fingerprint density at radius 2 is 2.03 bits per heavy atom. The SMILES string of the molecule is CCOC(=O)CCN(CC1CC1)C(=O)c1nc(-c2cccs2)n(-c2cccc(C(F)(F)F)c2)n1. The Labute approximate surface area is 198 Å². The van der Waals surface area contributed by atoms with Crippen LogP contribution in [0.25, 0.3) is 16.4 Å². The summed E-state index contributed by atoms with van der Waals surface area (Å²) in [7, 11) is 0. The van der Waals surface area contributed by atoms with Gasteiger partial charge in [0.2, 0.25) is 5.82 Å². The molecule has 1 fully saturated rings. The lowest BCUT2D eigenvalue weighted by Crippen LogP contribution is -2.35. The lowest BCUT2D eigenvalue weighted by Gasteiger charge is -2.20. The van der Waals surface area contributed by atoms with E-state index < -0.39 is 23.6 Å². The molecule has 34 heavy (non-hydrogen) atoms. The number of ether oxygens (including phenoxy) is 1. The number of thiophene rings is 1. The number of carbonyl (C=O) groups excluding carboxylic acids is 2. The minimum Gasteiger partial charge on any atom is -0.466 e. The Kier molecular flexibility index (Phi) is 7.01. The standard InChI is InChI=1S/C23H23F3N4O3S/c1-2-33-19(31)10-11-29(14-15-8-9-15)22(32)20-27-21(18-7-4-12-34-18)30(28-20)17-6-3-5-16(13-17)23(24,25)26/h3-7,12-13,15H,2,8-11,14H2,1H3. The van der Waals surface area contributed by atoms with Crippen molar-refractivity contribution >= 4 is 23.2 Å². The van der Waals surface area contributed by atoms with Crippen molar-refractivity contribution in [2.24, 2.45) is 5.92 Å². The van der Waals surface area contributed by atoms with E-state index in [1.807, 2.05) is 0 Å². The largest absolute Gasteiger partial charge is 0.466 e. The minimum absolute atomic E-state index is 0.0401. The van der Waals surface area contributed by atoms with E-state index in [4.69, 9.17) is 4.74 Å². The highest BCUT2D eigenvalue weighted by Crippen LogP contribution is 2.33. The van der Waals surface area contributed by atoms with E-state index >= 15 is 0 Å². The smallest absolute Gasteiger partial charge is 0.416 e. The summed E-state index contributed by atoms with van der Waals surface area (Å²) >= 11 is 1.34. The molecule has 1 aliphatic rings. The fraction of sp³-hybridized carbons (Fsp3) is 0.391. The van der Waals surface area contributed by atoms with Gasteiger partial charge in [-0.05, 0) is 55.3 Å². The van der Waals surface area contributed by atoms with Crippen LogP contribution in [0, 0.1) is 5.92 Å². The molecule has 1 aromatic carbocycles. The van der Waals surface area contributed by atoms with Gasteiger partial charge in [-0.15, -0.1) is 16.4 Å². The van der Waals surface area contributed by atoms with Gasteiger partial charge in [0.25, 0.3) is 5.91 Å². The van der Waals surface area contributed by atoms with Crippen LogP contribution >= 0.6 is 11.3 Å². The molecular weight excluding hydrogens is 469 g/mol. The molecule has 0 unspecified atom stereocenters. The predicted molar refractivity (Wildman–Crippen MR) is 120 cm³/mol. The van der Waals surface area contributed by atoms with E-state index in [0.29, 0.717) is 17.3 Å². The monoisotopic (exact) mass is 492 g/mol.